The first kappa shape index (κ1) is 16.3. The van der Waals surface area contributed by atoms with E-state index in [4.69, 9.17) is 4.74 Å². The Bertz CT molecular complexity index is 437. The van der Waals surface area contributed by atoms with Gasteiger partial charge in [0.2, 0.25) is 5.91 Å². The lowest BCUT2D eigenvalue weighted by Gasteiger charge is -2.27. The smallest absolute Gasteiger partial charge is 0.227 e. The van der Waals surface area contributed by atoms with Gasteiger partial charge in [0.1, 0.15) is 5.75 Å². The first-order valence-electron chi connectivity index (χ1n) is 6.01. The molecule has 1 N–H and O–H groups in total. The fourth-order valence-corrected chi connectivity index (χ4v) is 2.61. The Morgan fingerprint density at radius 2 is 2.11 bits per heavy atom. The van der Waals surface area contributed by atoms with Gasteiger partial charge in [-0.3, -0.25) is 4.79 Å². The highest BCUT2D eigenvalue weighted by atomic mass is 79.9. The molecule has 0 aliphatic carbocycles. The van der Waals surface area contributed by atoms with Gasteiger partial charge in [0.05, 0.1) is 18.0 Å². The van der Waals surface area contributed by atoms with Gasteiger partial charge in [0.15, 0.2) is 0 Å². The summed E-state index contributed by atoms with van der Waals surface area (Å²) in [5.41, 5.74) is 1.01. The van der Waals surface area contributed by atoms with Crippen molar-refractivity contribution in [3.05, 3.63) is 28.2 Å². The van der Waals surface area contributed by atoms with Crippen LogP contribution in [-0.4, -0.2) is 44.1 Å². The number of ether oxygens (including phenoxy) is 1. The van der Waals surface area contributed by atoms with Crippen LogP contribution in [0.5, 0.6) is 5.75 Å². The number of amides is 1. The second kappa shape index (κ2) is 7.72. The van der Waals surface area contributed by atoms with E-state index in [9.17, 15) is 4.79 Å². The van der Waals surface area contributed by atoms with Crippen molar-refractivity contribution in [3.8, 4) is 5.75 Å². The van der Waals surface area contributed by atoms with Crippen LogP contribution < -0.4 is 10.1 Å². The van der Waals surface area contributed by atoms with Crippen LogP contribution in [0.15, 0.2) is 22.7 Å². The molecule has 0 atom stereocenters. The fourth-order valence-electron chi connectivity index (χ4n) is 2.02. The quantitative estimate of drug-likeness (QED) is 0.905. The summed E-state index contributed by atoms with van der Waals surface area (Å²) in [6, 6.07) is 5.76. The third kappa shape index (κ3) is 4.37. The molecule has 0 unspecified atom stereocenters. The Kier molecular flexibility index (Phi) is 6.62. The minimum absolute atomic E-state index is 0. The van der Waals surface area contributed by atoms with Gasteiger partial charge >= 0.3 is 0 Å². The number of methoxy groups -OCH3 is 1. The van der Waals surface area contributed by atoms with E-state index in [0.29, 0.717) is 6.42 Å². The van der Waals surface area contributed by atoms with Gasteiger partial charge in [-0.2, -0.15) is 0 Å². The van der Waals surface area contributed by atoms with Crippen LogP contribution in [0.1, 0.15) is 5.56 Å². The molecule has 1 aromatic rings. The number of halogens is 2. The summed E-state index contributed by atoms with van der Waals surface area (Å²) in [4.78, 5) is 14.0. The number of carbonyl (C=O) groups excluding carboxylic acids is 1. The van der Waals surface area contributed by atoms with E-state index in [1.807, 2.05) is 23.1 Å². The van der Waals surface area contributed by atoms with E-state index in [-0.39, 0.29) is 18.3 Å². The molecule has 1 fully saturated rings. The Morgan fingerprint density at radius 1 is 1.42 bits per heavy atom. The van der Waals surface area contributed by atoms with Gasteiger partial charge in [-0.05, 0) is 33.6 Å². The number of benzene rings is 1. The largest absolute Gasteiger partial charge is 0.496 e. The molecule has 4 nitrogen and oxygen atoms in total. The molecule has 1 aliphatic heterocycles. The van der Waals surface area contributed by atoms with Crippen molar-refractivity contribution in [1.82, 2.24) is 10.2 Å². The average molecular weight is 350 g/mol. The molecule has 1 aromatic carbocycles. The highest BCUT2D eigenvalue weighted by Gasteiger charge is 2.16. The van der Waals surface area contributed by atoms with E-state index in [2.05, 4.69) is 21.2 Å². The third-order valence-corrected chi connectivity index (χ3v) is 3.66. The first-order chi connectivity index (χ1) is 8.70. The van der Waals surface area contributed by atoms with Crippen molar-refractivity contribution in [2.45, 2.75) is 6.42 Å². The average Bonchev–Trinajstić information content (AvgIpc) is 2.40. The lowest BCUT2D eigenvalue weighted by molar-refractivity contribution is -0.131. The molecule has 106 valence electrons. The number of hydrogen-bond donors (Lipinski definition) is 1. The fraction of sp³-hybridized carbons (Fsp3) is 0.462. The monoisotopic (exact) mass is 348 g/mol. The van der Waals surface area contributed by atoms with Crippen LogP contribution in [0.25, 0.3) is 0 Å². The molecule has 0 radical (unpaired) electrons. The summed E-state index contributed by atoms with van der Waals surface area (Å²) in [7, 11) is 1.63. The van der Waals surface area contributed by atoms with Gasteiger partial charge in [0, 0.05) is 26.2 Å². The van der Waals surface area contributed by atoms with Gasteiger partial charge in [-0.1, -0.05) is 6.07 Å². The maximum atomic E-state index is 12.1. The molecule has 0 saturated carbocycles. The molecule has 0 spiro atoms. The van der Waals surface area contributed by atoms with Crippen molar-refractivity contribution in [2.24, 2.45) is 0 Å². The topological polar surface area (TPSA) is 41.6 Å². The molecule has 1 saturated heterocycles. The second-order valence-electron chi connectivity index (χ2n) is 4.28. The number of nitrogens with zero attached hydrogens (tertiary/aromatic N) is 1. The zero-order valence-electron chi connectivity index (χ0n) is 10.8. The molecular formula is C13H18BrClN2O2. The molecule has 0 bridgehead atoms. The minimum atomic E-state index is 0. The van der Waals surface area contributed by atoms with Gasteiger partial charge in [0.25, 0.3) is 0 Å². The summed E-state index contributed by atoms with van der Waals surface area (Å²) in [6.07, 6.45) is 0.447. The van der Waals surface area contributed by atoms with E-state index < -0.39 is 0 Å². The maximum absolute atomic E-state index is 12.1. The Labute approximate surface area is 128 Å². The van der Waals surface area contributed by atoms with Crippen LogP contribution in [0.2, 0.25) is 0 Å². The van der Waals surface area contributed by atoms with Gasteiger partial charge in [-0.25, -0.2) is 0 Å². The molecule has 1 amide bonds. The van der Waals surface area contributed by atoms with Crippen molar-refractivity contribution in [1.29, 1.82) is 0 Å². The summed E-state index contributed by atoms with van der Waals surface area (Å²) in [5, 5.41) is 3.24. The van der Waals surface area contributed by atoms with Crippen molar-refractivity contribution < 1.29 is 9.53 Å². The van der Waals surface area contributed by atoms with Gasteiger partial charge < -0.3 is 15.0 Å². The lowest BCUT2D eigenvalue weighted by atomic mass is 10.1. The van der Waals surface area contributed by atoms with E-state index in [1.54, 1.807) is 7.11 Å². The number of nitrogens with one attached hydrogen (secondary N) is 1. The number of rotatable bonds is 3. The Morgan fingerprint density at radius 3 is 2.68 bits per heavy atom. The molecular weight excluding hydrogens is 332 g/mol. The molecule has 19 heavy (non-hydrogen) atoms. The van der Waals surface area contributed by atoms with E-state index in [1.165, 1.54) is 0 Å². The predicted molar refractivity (Wildman–Crippen MR) is 81.1 cm³/mol. The first-order valence-corrected chi connectivity index (χ1v) is 6.81. The molecule has 1 heterocycles. The van der Waals surface area contributed by atoms with E-state index >= 15 is 0 Å². The predicted octanol–water partition coefficient (Wildman–Crippen LogP) is 1.85. The van der Waals surface area contributed by atoms with Gasteiger partial charge in [-0.15, -0.1) is 12.4 Å². The number of piperazine rings is 1. The second-order valence-corrected chi connectivity index (χ2v) is 5.13. The third-order valence-electron chi connectivity index (χ3n) is 3.04. The summed E-state index contributed by atoms with van der Waals surface area (Å²) in [5.74, 6) is 0.974. The van der Waals surface area contributed by atoms with Crippen LogP contribution in [0.3, 0.4) is 0 Å². The van der Waals surface area contributed by atoms with Crippen LogP contribution in [0, 0.1) is 0 Å². The highest BCUT2D eigenvalue weighted by Crippen LogP contribution is 2.25. The molecule has 1 aliphatic rings. The minimum Gasteiger partial charge on any atom is -0.496 e. The highest BCUT2D eigenvalue weighted by molar-refractivity contribution is 9.10. The SMILES string of the molecule is COc1ccc(CC(=O)N2CCNCC2)cc1Br.Cl. The Balaban J connectivity index is 0.00000180. The Hall–Kier alpha value is -0.780. The molecule has 2 rings (SSSR count). The zero-order chi connectivity index (χ0) is 13.0. The standard InChI is InChI=1S/C13H17BrN2O2.ClH/c1-18-12-3-2-10(8-11(12)14)9-13(17)16-6-4-15-5-7-16;/h2-3,8,15H,4-7,9H2,1H3;1H. The molecule has 0 aromatic heterocycles. The lowest BCUT2D eigenvalue weighted by Crippen LogP contribution is -2.46. The van der Waals surface area contributed by atoms with Crippen LogP contribution >= 0.6 is 28.3 Å². The number of hydrogen-bond acceptors (Lipinski definition) is 3. The summed E-state index contributed by atoms with van der Waals surface area (Å²) < 4.78 is 6.06. The van der Waals surface area contributed by atoms with Crippen molar-refractivity contribution in [3.63, 3.8) is 0 Å². The van der Waals surface area contributed by atoms with Crippen molar-refractivity contribution in [2.75, 3.05) is 33.3 Å². The summed E-state index contributed by atoms with van der Waals surface area (Å²) in [6.45, 7) is 3.38. The number of carbonyl (C=O) groups is 1. The molecule has 6 heteroatoms. The summed E-state index contributed by atoms with van der Waals surface area (Å²) >= 11 is 3.43. The van der Waals surface area contributed by atoms with Crippen LogP contribution in [-0.2, 0) is 11.2 Å². The normalized spacial score (nSPS) is 14.7. The zero-order valence-corrected chi connectivity index (χ0v) is 13.2. The van der Waals surface area contributed by atoms with E-state index in [0.717, 1.165) is 42.0 Å². The van der Waals surface area contributed by atoms with Crippen LogP contribution in [0.4, 0.5) is 0 Å². The van der Waals surface area contributed by atoms with Crippen molar-refractivity contribution >= 4 is 34.2 Å². The maximum Gasteiger partial charge on any atom is 0.227 e.